The predicted octanol–water partition coefficient (Wildman–Crippen LogP) is 4.64. The summed E-state index contributed by atoms with van der Waals surface area (Å²) >= 11 is 0. The third-order valence-corrected chi connectivity index (χ3v) is 9.17. The topological polar surface area (TPSA) is 85.3 Å². The van der Waals surface area contributed by atoms with Crippen LogP contribution in [0.15, 0.2) is 18.2 Å². The largest absolute Gasteiger partial charge is 0.493 e. The summed E-state index contributed by atoms with van der Waals surface area (Å²) in [5.41, 5.74) is 0.0929. The van der Waals surface area contributed by atoms with Gasteiger partial charge < -0.3 is 19.3 Å². The molecule has 1 aliphatic heterocycles. The van der Waals surface area contributed by atoms with Crippen LogP contribution in [0.5, 0.6) is 11.5 Å². The Hall–Kier alpha value is -2.12. The molecule has 4 rings (SSSR count). The van der Waals surface area contributed by atoms with Gasteiger partial charge in [0, 0.05) is 31.3 Å². The predicted molar refractivity (Wildman–Crippen MR) is 137 cm³/mol. The molecule has 7 nitrogen and oxygen atoms in total. The van der Waals surface area contributed by atoms with E-state index in [2.05, 4.69) is 24.0 Å². The minimum Gasteiger partial charge on any atom is -0.493 e. The summed E-state index contributed by atoms with van der Waals surface area (Å²) in [4.78, 5) is 26.5. The fraction of sp³-hybridized carbons (Fsp3) is 0.724. The molecule has 0 amide bonds. The van der Waals surface area contributed by atoms with E-state index in [4.69, 9.17) is 14.2 Å². The van der Waals surface area contributed by atoms with E-state index in [0.717, 1.165) is 68.3 Å². The first-order chi connectivity index (χ1) is 17.2. The normalized spacial score (nSPS) is 28.4. The first-order valence-electron chi connectivity index (χ1n) is 13.6. The van der Waals surface area contributed by atoms with Gasteiger partial charge in [-0.05, 0) is 63.1 Å². The number of hydrogen-bond acceptors (Lipinski definition) is 7. The third-order valence-electron chi connectivity index (χ3n) is 9.17. The van der Waals surface area contributed by atoms with E-state index in [9.17, 15) is 14.7 Å². The molecule has 3 fully saturated rings. The number of likely N-dealkylation sites (tertiary alicyclic amines) is 1. The van der Waals surface area contributed by atoms with Gasteiger partial charge in [-0.3, -0.25) is 14.5 Å². The lowest BCUT2D eigenvalue weighted by Gasteiger charge is -2.47. The quantitative estimate of drug-likeness (QED) is 0.390. The lowest BCUT2D eigenvalue weighted by molar-refractivity contribution is -0.161. The first kappa shape index (κ1) is 26.9. The highest BCUT2D eigenvalue weighted by Crippen LogP contribution is 2.51. The minimum absolute atomic E-state index is 0.0118. The van der Waals surface area contributed by atoms with Crippen LogP contribution in [-0.4, -0.2) is 66.3 Å². The molecule has 2 saturated carbocycles. The maximum atomic E-state index is 12.2. The number of rotatable bonds is 9. The fourth-order valence-electron chi connectivity index (χ4n) is 6.84. The molecule has 0 radical (unpaired) electrons. The number of aldehydes is 1. The van der Waals surface area contributed by atoms with Gasteiger partial charge in [0.15, 0.2) is 23.9 Å². The first-order valence-corrected chi connectivity index (χ1v) is 13.6. The van der Waals surface area contributed by atoms with Crippen LogP contribution in [-0.2, 0) is 14.3 Å². The molecule has 4 atom stereocenters. The number of nitrogens with zero attached hydrogens (tertiary/aromatic N) is 1. The molecule has 1 aromatic rings. The molecule has 0 aromatic heterocycles. The molecule has 2 aliphatic carbocycles. The van der Waals surface area contributed by atoms with E-state index in [1.807, 2.05) is 13.0 Å². The molecule has 0 unspecified atom stereocenters. The number of esters is 1. The lowest BCUT2D eigenvalue weighted by Crippen LogP contribution is -2.59. The van der Waals surface area contributed by atoms with E-state index in [0.29, 0.717) is 13.1 Å². The van der Waals surface area contributed by atoms with Crippen LogP contribution in [0.25, 0.3) is 0 Å². The number of benzene rings is 1. The van der Waals surface area contributed by atoms with E-state index in [1.165, 1.54) is 19.8 Å². The standard InChI is InChI=1S/C29H43NO6/c1-20(32)28(3)19-30(29(14-8-5-9-15-29)27(18-31)35-21(2)33)17-24(28)22-12-13-25(34-4)26(16-22)36-23-10-6-7-11-23/h12-13,16,18,20,23-24,27,32H,5-11,14-15,17,19H2,1-4H3/t20-,24+,27+,28+/m1/s1. The molecular formula is C29H43NO6. The molecule has 1 heterocycles. The summed E-state index contributed by atoms with van der Waals surface area (Å²) in [5.74, 6) is 1.05. The average Bonchev–Trinajstić information content (AvgIpc) is 3.51. The summed E-state index contributed by atoms with van der Waals surface area (Å²) in [6, 6.07) is 6.13. The van der Waals surface area contributed by atoms with Gasteiger partial charge in [-0.1, -0.05) is 32.3 Å². The van der Waals surface area contributed by atoms with Crippen LogP contribution in [0.3, 0.4) is 0 Å². The summed E-state index contributed by atoms with van der Waals surface area (Å²) in [7, 11) is 1.66. The smallest absolute Gasteiger partial charge is 0.303 e. The van der Waals surface area contributed by atoms with Crippen LogP contribution in [0, 0.1) is 5.41 Å². The Morgan fingerprint density at radius 3 is 2.42 bits per heavy atom. The highest BCUT2D eigenvalue weighted by Gasteiger charge is 2.56. The molecule has 3 aliphatic rings. The van der Waals surface area contributed by atoms with Crippen molar-refractivity contribution in [2.24, 2.45) is 5.41 Å². The number of methoxy groups -OCH3 is 1. The Kier molecular flexibility index (Phi) is 8.30. The summed E-state index contributed by atoms with van der Waals surface area (Å²) < 4.78 is 17.6. The highest BCUT2D eigenvalue weighted by atomic mass is 16.5. The number of hydrogen-bond donors (Lipinski definition) is 1. The van der Waals surface area contributed by atoms with Crippen molar-refractivity contribution < 1.29 is 28.9 Å². The Bertz CT molecular complexity index is 920. The molecule has 0 bridgehead atoms. The van der Waals surface area contributed by atoms with Gasteiger partial charge in [0.25, 0.3) is 0 Å². The van der Waals surface area contributed by atoms with Crippen LogP contribution in [0.2, 0.25) is 0 Å². The van der Waals surface area contributed by atoms with Gasteiger partial charge in [-0.2, -0.15) is 0 Å². The SMILES string of the molecule is COc1ccc([C@@H]2CN(C3([C@H](C=O)OC(C)=O)CCCCC3)C[C@@]2(C)[C@@H](C)O)cc1OC1CCCC1. The monoisotopic (exact) mass is 501 g/mol. The third kappa shape index (κ3) is 5.14. The van der Waals surface area contributed by atoms with Crippen molar-refractivity contribution in [3.8, 4) is 11.5 Å². The second-order valence-corrected chi connectivity index (χ2v) is 11.4. The molecule has 1 aromatic carbocycles. The lowest BCUT2D eigenvalue weighted by atomic mass is 9.72. The van der Waals surface area contributed by atoms with Gasteiger partial charge in [-0.25, -0.2) is 0 Å². The maximum Gasteiger partial charge on any atom is 0.303 e. The van der Waals surface area contributed by atoms with Crippen molar-refractivity contribution in [2.75, 3.05) is 20.2 Å². The van der Waals surface area contributed by atoms with E-state index < -0.39 is 29.1 Å². The Morgan fingerprint density at radius 1 is 1.14 bits per heavy atom. The molecule has 1 saturated heterocycles. The second kappa shape index (κ2) is 11.1. The van der Waals surface area contributed by atoms with E-state index in [1.54, 1.807) is 7.11 Å². The van der Waals surface area contributed by atoms with Crippen LogP contribution >= 0.6 is 0 Å². The average molecular weight is 502 g/mol. The number of carbonyl (C=O) groups is 2. The summed E-state index contributed by atoms with van der Waals surface area (Å²) in [6.07, 6.45) is 8.79. The Morgan fingerprint density at radius 2 is 1.83 bits per heavy atom. The zero-order valence-corrected chi connectivity index (χ0v) is 22.3. The van der Waals surface area contributed by atoms with Crippen LogP contribution in [0.1, 0.15) is 90.0 Å². The molecular weight excluding hydrogens is 458 g/mol. The fourth-order valence-corrected chi connectivity index (χ4v) is 6.84. The van der Waals surface area contributed by atoms with Gasteiger partial charge in [-0.15, -0.1) is 0 Å². The van der Waals surface area contributed by atoms with Crippen LogP contribution < -0.4 is 9.47 Å². The Balaban J connectivity index is 1.69. The zero-order valence-electron chi connectivity index (χ0n) is 22.3. The molecule has 1 N–H and O–H groups in total. The van der Waals surface area contributed by atoms with Gasteiger partial charge >= 0.3 is 5.97 Å². The Labute approximate surface area is 215 Å². The number of carbonyl (C=O) groups excluding carboxylic acids is 2. The van der Waals surface area contributed by atoms with Crippen molar-refractivity contribution in [2.45, 2.75) is 108 Å². The highest BCUT2D eigenvalue weighted by molar-refractivity contribution is 5.71. The number of aliphatic hydroxyl groups is 1. The zero-order chi connectivity index (χ0) is 25.9. The van der Waals surface area contributed by atoms with E-state index >= 15 is 0 Å². The van der Waals surface area contributed by atoms with Gasteiger partial charge in [0.05, 0.1) is 24.9 Å². The summed E-state index contributed by atoms with van der Waals surface area (Å²) in [5, 5.41) is 11.0. The molecule has 0 spiro atoms. The van der Waals surface area contributed by atoms with Crippen LogP contribution in [0.4, 0.5) is 0 Å². The van der Waals surface area contributed by atoms with Crippen molar-refractivity contribution in [3.63, 3.8) is 0 Å². The second-order valence-electron chi connectivity index (χ2n) is 11.4. The molecule has 36 heavy (non-hydrogen) atoms. The number of aliphatic hydroxyl groups excluding tert-OH is 1. The maximum absolute atomic E-state index is 12.2. The van der Waals surface area contributed by atoms with Crippen molar-refractivity contribution >= 4 is 12.3 Å². The van der Waals surface area contributed by atoms with Crippen molar-refractivity contribution in [3.05, 3.63) is 23.8 Å². The number of ether oxygens (including phenoxy) is 3. The summed E-state index contributed by atoms with van der Waals surface area (Å²) in [6.45, 7) is 6.63. The minimum atomic E-state index is -0.815. The van der Waals surface area contributed by atoms with E-state index in [-0.39, 0.29) is 12.0 Å². The molecule has 7 heteroatoms. The van der Waals surface area contributed by atoms with Gasteiger partial charge in [0.1, 0.15) is 0 Å². The van der Waals surface area contributed by atoms with Crippen molar-refractivity contribution in [1.29, 1.82) is 0 Å². The van der Waals surface area contributed by atoms with Gasteiger partial charge in [0.2, 0.25) is 0 Å². The molecule has 200 valence electrons. The van der Waals surface area contributed by atoms with Crippen molar-refractivity contribution in [1.82, 2.24) is 4.90 Å².